The molecule has 1 aromatic heterocycles. The highest BCUT2D eigenvalue weighted by atomic mass is 16.5. The smallest absolute Gasteiger partial charge is 0.323 e. The molecule has 1 fully saturated rings. The van der Waals surface area contributed by atoms with Crippen molar-refractivity contribution in [3.05, 3.63) is 71.9 Å². The highest BCUT2D eigenvalue weighted by Gasteiger charge is 2.20. The van der Waals surface area contributed by atoms with Crippen molar-refractivity contribution in [2.24, 2.45) is 0 Å². The van der Waals surface area contributed by atoms with Crippen LogP contribution in [-0.2, 0) is 6.54 Å². The lowest BCUT2D eigenvalue weighted by Gasteiger charge is -2.35. The number of hydrogen-bond acceptors (Lipinski definition) is 6. The molecule has 0 radical (unpaired) electrons. The number of methoxy groups -OCH3 is 2. The van der Waals surface area contributed by atoms with Gasteiger partial charge in [-0.1, -0.05) is 38.1 Å². The molecule has 0 saturated carbocycles. The summed E-state index contributed by atoms with van der Waals surface area (Å²) in [5.41, 5.74) is 3.76. The second-order valence-electron chi connectivity index (χ2n) is 9.18. The zero-order valence-electron chi connectivity index (χ0n) is 21.5. The summed E-state index contributed by atoms with van der Waals surface area (Å²) in [5.74, 6) is 2.91. The number of nitrogens with zero attached hydrogens (tertiary/aromatic N) is 3. The van der Waals surface area contributed by atoms with Crippen LogP contribution in [0.2, 0.25) is 0 Å². The van der Waals surface area contributed by atoms with Crippen molar-refractivity contribution in [1.82, 2.24) is 9.88 Å². The number of ether oxygens (including phenoxy) is 2. The van der Waals surface area contributed by atoms with Gasteiger partial charge in [0, 0.05) is 44.0 Å². The van der Waals surface area contributed by atoms with Crippen LogP contribution in [0.3, 0.4) is 0 Å². The van der Waals surface area contributed by atoms with Gasteiger partial charge in [0.1, 0.15) is 5.82 Å². The summed E-state index contributed by atoms with van der Waals surface area (Å²) in [6, 6.07) is 17.4. The minimum atomic E-state index is -0.288. The molecular weight excluding hydrogens is 454 g/mol. The molecule has 0 spiro atoms. The maximum absolute atomic E-state index is 12.4. The molecule has 0 bridgehead atoms. The number of hydrogen-bond donors (Lipinski definition) is 2. The van der Waals surface area contributed by atoms with Gasteiger partial charge in [-0.15, -0.1) is 0 Å². The van der Waals surface area contributed by atoms with Crippen LogP contribution in [0, 0.1) is 0 Å². The number of pyridine rings is 1. The van der Waals surface area contributed by atoms with Crippen molar-refractivity contribution in [3.63, 3.8) is 0 Å². The molecule has 2 amide bonds. The predicted molar refractivity (Wildman–Crippen MR) is 144 cm³/mol. The van der Waals surface area contributed by atoms with Gasteiger partial charge in [-0.3, -0.25) is 4.90 Å². The van der Waals surface area contributed by atoms with E-state index < -0.39 is 0 Å². The largest absolute Gasteiger partial charge is 0.493 e. The summed E-state index contributed by atoms with van der Waals surface area (Å²) in [5, 5.41) is 5.72. The van der Waals surface area contributed by atoms with Crippen molar-refractivity contribution >= 4 is 23.2 Å². The summed E-state index contributed by atoms with van der Waals surface area (Å²) in [6.45, 7) is 8.68. The third kappa shape index (κ3) is 6.26. The topological polar surface area (TPSA) is 79.0 Å². The molecular formula is C28H35N5O3. The molecule has 0 unspecified atom stereocenters. The molecule has 4 rings (SSSR count). The highest BCUT2D eigenvalue weighted by molar-refractivity contribution is 5.99. The van der Waals surface area contributed by atoms with Crippen LogP contribution in [0.15, 0.2) is 60.8 Å². The Balaban J connectivity index is 1.27. The Morgan fingerprint density at radius 1 is 0.917 bits per heavy atom. The first kappa shape index (κ1) is 25.3. The first-order chi connectivity index (χ1) is 17.5. The second kappa shape index (κ2) is 11.8. The molecule has 0 atom stereocenters. The normalized spacial score (nSPS) is 14.0. The number of carbonyl (C=O) groups excluding carboxylic acids is 1. The summed E-state index contributed by atoms with van der Waals surface area (Å²) >= 11 is 0. The van der Waals surface area contributed by atoms with Gasteiger partial charge in [0.05, 0.1) is 26.1 Å². The number of aromatic nitrogens is 1. The summed E-state index contributed by atoms with van der Waals surface area (Å²) in [4.78, 5) is 21.6. The fraction of sp³-hybridized carbons (Fsp3) is 0.357. The first-order valence-corrected chi connectivity index (χ1v) is 12.3. The lowest BCUT2D eigenvalue weighted by Crippen LogP contribution is -2.46. The maximum atomic E-state index is 12.4. The summed E-state index contributed by atoms with van der Waals surface area (Å²) in [7, 11) is 3.34. The molecule has 1 aliphatic rings. The molecule has 1 saturated heterocycles. The summed E-state index contributed by atoms with van der Waals surface area (Å²) < 4.78 is 11.0. The van der Waals surface area contributed by atoms with E-state index in [1.54, 1.807) is 20.4 Å². The number of piperazine rings is 1. The van der Waals surface area contributed by atoms with E-state index in [1.165, 1.54) is 5.56 Å². The SMILES string of the molecule is COc1cccc(CN2CCN(c3ccc(NC(=O)Nc4ccc(C(C)C)cc4)cn3)CC2)c1OC. The third-order valence-corrected chi connectivity index (χ3v) is 6.42. The van der Waals surface area contributed by atoms with Gasteiger partial charge in [0.15, 0.2) is 11.5 Å². The van der Waals surface area contributed by atoms with Crippen LogP contribution >= 0.6 is 0 Å². The van der Waals surface area contributed by atoms with Crippen molar-refractivity contribution in [3.8, 4) is 11.5 Å². The lowest BCUT2D eigenvalue weighted by molar-refractivity contribution is 0.244. The Hall–Kier alpha value is -3.78. The molecule has 8 nitrogen and oxygen atoms in total. The van der Waals surface area contributed by atoms with E-state index in [-0.39, 0.29) is 6.03 Å². The van der Waals surface area contributed by atoms with E-state index in [1.807, 2.05) is 48.5 Å². The van der Waals surface area contributed by atoms with Crippen molar-refractivity contribution in [2.45, 2.75) is 26.3 Å². The van der Waals surface area contributed by atoms with E-state index in [0.717, 1.165) is 61.3 Å². The van der Waals surface area contributed by atoms with Crippen molar-refractivity contribution in [1.29, 1.82) is 0 Å². The standard InChI is InChI=1S/C28H35N5O3/c1-20(2)21-8-10-23(11-9-21)30-28(34)31-24-12-13-26(29-18-24)33-16-14-32(15-17-33)19-22-6-5-7-25(35-3)27(22)36-4/h5-13,18,20H,14-17,19H2,1-4H3,(H2,30,31,34). The van der Waals surface area contributed by atoms with Crippen LogP contribution in [0.1, 0.15) is 30.9 Å². The predicted octanol–water partition coefficient (Wildman–Crippen LogP) is 5.19. The van der Waals surface area contributed by atoms with Crippen LogP contribution in [0.25, 0.3) is 0 Å². The van der Waals surface area contributed by atoms with Gasteiger partial charge in [-0.25, -0.2) is 9.78 Å². The van der Waals surface area contributed by atoms with Gasteiger partial charge in [0.25, 0.3) is 0 Å². The minimum Gasteiger partial charge on any atom is -0.493 e. The Morgan fingerprint density at radius 2 is 1.61 bits per heavy atom. The number of benzene rings is 2. The zero-order valence-corrected chi connectivity index (χ0v) is 21.5. The number of nitrogens with one attached hydrogen (secondary N) is 2. The Morgan fingerprint density at radius 3 is 2.22 bits per heavy atom. The number of anilines is 3. The van der Waals surface area contributed by atoms with E-state index in [4.69, 9.17) is 9.47 Å². The monoisotopic (exact) mass is 489 g/mol. The molecule has 3 aromatic rings. The maximum Gasteiger partial charge on any atom is 0.323 e. The molecule has 2 aromatic carbocycles. The average Bonchev–Trinajstić information content (AvgIpc) is 2.89. The second-order valence-corrected chi connectivity index (χ2v) is 9.18. The molecule has 36 heavy (non-hydrogen) atoms. The number of carbonyl (C=O) groups is 1. The minimum absolute atomic E-state index is 0.288. The van der Waals surface area contributed by atoms with E-state index in [9.17, 15) is 4.79 Å². The van der Waals surface area contributed by atoms with Gasteiger partial charge < -0.3 is 25.0 Å². The molecule has 2 heterocycles. The average molecular weight is 490 g/mol. The molecule has 190 valence electrons. The fourth-order valence-corrected chi connectivity index (χ4v) is 4.35. The molecule has 8 heteroatoms. The van der Waals surface area contributed by atoms with E-state index in [0.29, 0.717) is 11.6 Å². The number of para-hydroxylation sites is 1. The Kier molecular flexibility index (Phi) is 8.28. The number of amides is 2. The Bertz CT molecular complexity index is 1140. The highest BCUT2D eigenvalue weighted by Crippen LogP contribution is 2.31. The quantitative estimate of drug-likeness (QED) is 0.454. The van der Waals surface area contributed by atoms with Gasteiger partial charge in [0.2, 0.25) is 0 Å². The van der Waals surface area contributed by atoms with E-state index in [2.05, 4.69) is 45.3 Å². The number of urea groups is 1. The van der Waals surface area contributed by atoms with Crippen molar-refractivity contribution < 1.29 is 14.3 Å². The van der Waals surface area contributed by atoms with Crippen LogP contribution in [-0.4, -0.2) is 56.3 Å². The summed E-state index contributed by atoms with van der Waals surface area (Å²) in [6.07, 6.45) is 1.70. The Labute approximate surface area is 213 Å². The van der Waals surface area contributed by atoms with Gasteiger partial charge in [-0.2, -0.15) is 0 Å². The number of rotatable bonds is 8. The van der Waals surface area contributed by atoms with Gasteiger partial charge >= 0.3 is 6.03 Å². The zero-order chi connectivity index (χ0) is 25.5. The van der Waals surface area contributed by atoms with Gasteiger partial charge in [-0.05, 0) is 41.8 Å². The molecule has 1 aliphatic heterocycles. The van der Waals surface area contributed by atoms with Crippen LogP contribution in [0.4, 0.5) is 22.0 Å². The lowest BCUT2D eigenvalue weighted by atomic mass is 10.0. The fourth-order valence-electron chi connectivity index (χ4n) is 4.35. The van der Waals surface area contributed by atoms with Crippen LogP contribution in [0.5, 0.6) is 11.5 Å². The molecule has 2 N–H and O–H groups in total. The van der Waals surface area contributed by atoms with Crippen molar-refractivity contribution in [2.75, 3.05) is 55.9 Å². The van der Waals surface area contributed by atoms with E-state index >= 15 is 0 Å². The third-order valence-electron chi connectivity index (χ3n) is 6.42. The van der Waals surface area contributed by atoms with Crippen LogP contribution < -0.4 is 25.0 Å². The first-order valence-electron chi connectivity index (χ1n) is 12.3. The molecule has 0 aliphatic carbocycles.